The van der Waals surface area contributed by atoms with Crippen LogP contribution in [-0.4, -0.2) is 50.1 Å². The van der Waals surface area contributed by atoms with E-state index >= 15 is 0 Å². The van der Waals surface area contributed by atoms with Gasteiger partial charge in [-0.25, -0.2) is 8.42 Å². The van der Waals surface area contributed by atoms with Gasteiger partial charge in [0.25, 0.3) is 0 Å². The number of sulfone groups is 1. The Balaban J connectivity index is 1.39. The molecule has 156 valence electrons. The first-order chi connectivity index (χ1) is 13.1. The summed E-state index contributed by atoms with van der Waals surface area (Å²) in [7, 11) is -2.82. The van der Waals surface area contributed by atoms with Crippen LogP contribution in [0.2, 0.25) is 0 Å². The highest BCUT2D eigenvalue weighted by molar-refractivity contribution is 7.92. The molecular formula is C20H26F3NO3S. The topological polar surface area (TPSA) is 46.6 Å². The van der Waals surface area contributed by atoms with Gasteiger partial charge in [-0.15, -0.1) is 0 Å². The molecule has 3 fully saturated rings. The molecule has 1 aliphatic carbocycles. The van der Waals surface area contributed by atoms with Gasteiger partial charge in [-0.05, 0) is 75.9 Å². The Kier molecular flexibility index (Phi) is 4.93. The van der Waals surface area contributed by atoms with Crippen LogP contribution < -0.4 is 4.74 Å². The molecule has 0 N–H and O–H groups in total. The molecule has 0 aromatic heterocycles. The first-order valence-electron chi connectivity index (χ1n) is 9.88. The van der Waals surface area contributed by atoms with Gasteiger partial charge >= 0.3 is 6.18 Å². The molecule has 8 heteroatoms. The summed E-state index contributed by atoms with van der Waals surface area (Å²) < 4.78 is 67.7. The Bertz CT molecular complexity index is 792. The smallest absolute Gasteiger partial charge is 0.416 e. The molecule has 2 saturated heterocycles. The molecule has 1 spiro atoms. The number of hydrogen-bond acceptors (Lipinski definition) is 4. The summed E-state index contributed by atoms with van der Waals surface area (Å²) in [5.74, 6) is 1.12. The number of halogens is 3. The molecule has 1 aromatic carbocycles. The monoisotopic (exact) mass is 417 g/mol. The van der Waals surface area contributed by atoms with Crippen molar-refractivity contribution < 1.29 is 26.3 Å². The largest absolute Gasteiger partial charge is 0.486 e. The summed E-state index contributed by atoms with van der Waals surface area (Å²) in [5, 5.41) is 0. The highest BCUT2D eigenvalue weighted by Gasteiger charge is 2.50. The Morgan fingerprint density at radius 3 is 2.04 bits per heavy atom. The van der Waals surface area contributed by atoms with Gasteiger partial charge in [0, 0.05) is 12.0 Å². The maximum Gasteiger partial charge on any atom is 0.416 e. The molecule has 0 radical (unpaired) electrons. The van der Waals surface area contributed by atoms with Crippen LogP contribution in [0.3, 0.4) is 0 Å². The second-order valence-electron chi connectivity index (χ2n) is 8.82. The van der Waals surface area contributed by atoms with Crippen LogP contribution in [0.5, 0.6) is 5.75 Å². The van der Waals surface area contributed by atoms with Crippen LogP contribution in [0.25, 0.3) is 0 Å². The van der Waals surface area contributed by atoms with Gasteiger partial charge in [-0.2, -0.15) is 13.2 Å². The standard InChI is InChI=1S/C20H26F3NO3S/c21-20(22,23)16-3-5-17(6-4-16)27-19(7-1-2-8-19)13-24-11-9-18(10-12-24)14-28(25,26)15-18/h3-6H,1-2,7-15H2. The van der Waals surface area contributed by atoms with E-state index in [1.165, 1.54) is 12.1 Å². The van der Waals surface area contributed by atoms with Gasteiger partial charge in [-0.3, -0.25) is 4.90 Å². The highest BCUT2D eigenvalue weighted by atomic mass is 32.2. The van der Waals surface area contributed by atoms with Crippen LogP contribution in [0, 0.1) is 5.41 Å². The van der Waals surface area contributed by atoms with Crippen molar-refractivity contribution in [3.63, 3.8) is 0 Å². The fraction of sp³-hybridized carbons (Fsp3) is 0.700. The average molecular weight is 417 g/mol. The molecule has 0 bridgehead atoms. The van der Waals surface area contributed by atoms with Gasteiger partial charge in [0.05, 0.1) is 17.1 Å². The summed E-state index contributed by atoms with van der Waals surface area (Å²) >= 11 is 0. The molecule has 2 heterocycles. The summed E-state index contributed by atoms with van der Waals surface area (Å²) in [6.45, 7) is 2.46. The minimum absolute atomic E-state index is 0.0214. The average Bonchev–Trinajstić information content (AvgIpc) is 3.03. The Morgan fingerprint density at radius 2 is 1.54 bits per heavy atom. The van der Waals surface area contributed by atoms with E-state index in [4.69, 9.17) is 4.74 Å². The van der Waals surface area contributed by atoms with Crippen molar-refractivity contribution in [2.24, 2.45) is 5.41 Å². The molecule has 4 nitrogen and oxygen atoms in total. The number of benzene rings is 1. The van der Waals surface area contributed by atoms with E-state index in [0.717, 1.165) is 70.3 Å². The molecule has 3 aliphatic rings. The molecule has 1 saturated carbocycles. The van der Waals surface area contributed by atoms with E-state index in [1.54, 1.807) is 0 Å². The normalized spacial score (nSPS) is 26.1. The lowest BCUT2D eigenvalue weighted by Gasteiger charge is -2.48. The van der Waals surface area contributed by atoms with Crippen molar-refractivity contribution >= 4 is 9.84 Å². The van der Waals surface area contributed by atoms with E-state index < -0.39 is 21.6 Å². The molecule has 1 aromatic rings. The number of alkyl halides is 3. The fourth-order valence-electron chi connectivity index (χ4n) is 5.05. The fourth-order valence-corrected chi connectivity index (χ4v) is 7.40. The summed E-state index contributed by atoms with van der Waals surface area (Å²) in [4.78, 5) is 2.34. The molecule has 2 aliphatic heterocycles. The number of nitrogens with zero attached hydrogens (tertiary/aromatic N) is 1. The zero-order valence-electron chi connectivity index (χ0n) is 15.8. The van der Waals surface area contributed by atoms with Crippen molar-refractivity contribution in [3.8, 4) is 5.75 Å². The van der Waals surface area contributed by atoms with Crippen molar-refractivity contribution in [3.05, 3.63) is 29.8 Å². The van der Waals surface area contributed by atoms with Crippen LogP contribution >= 0.6 is 0 Å². The molecule has 4 rings (SSSR count). The molecular weight excluding hydrogens is 391 g/mol. The predicted molar refractivity (Wildman–Crippen MR) is 100 cm³/mol. The summed E-state index contributed by atoms with van der Waals surface area (Å²) in [6, 6.07) is 4.96. The highest BCUT2D eigenvalue weighted by Crippen LogP contribution is 2.43. The van der Waals surface area contributed by atoms with Gasteiger partial charge in [0.1, 0.15) is 11.4 Å². The zero-order valence-corrected chi connectivity index (χ0v) is 16.6. The third-order valence-electron chi connectivity index (χ3n) is 6.51. The van der Waals surface area contributed by atoms with Crippen LogP contribution in [0.15, 0.2) is 24.3 Å². The summed E-state index contributed by atoms with van der Waals surface area (Å²) in [6.07, 6.45) is 1.33. The predicted octanol–water partition coefficient (Wildman–Crippen LogP) is 3.91. The molecule has 0 atom stereocenters. The maximum atomic E-state index is 12.8. The molecule has 0 unspecified atom stereocenters. The third-order valence-corrected chi connectivity index (χ3v) is 8.62. The van der Waals surface area contributed by atoms with Gasteiger partial charge < -0.3 is 4.74 Å². The number of likely N-dealkylation sites (tertiary alicyclic amines) is 1. The van der Waals surface area contributed by atoms with Gasteiger partial charge in [0.15, 0.2) is 9.84 Å². The summed E-state index contributed by atoms with van der Waals surface area (Å²) in [5.41, 5.74) is -1.06. The van der Waals surface area contributed by atoms with Crippen LogP contribution in [0.1, 0.15) is 44.1 Å². The third kappa shape index (κ3) is 4.17. The van der Waals surface area contributed by atoms with Gasteiger partial charge in [0.2, 0.25) is 0 Å². The SMILES string of the molecule is O=S1(=O)CC2(CCN(CC3(Oc4ccc(C(F)(F)F)cc4)CCCC3)CC2)C1. The quantitative estimate of drug-likeness (QED) is 0.745. The van der Waals surface area contributed by atoms with Crippen molar-refractivity contribution in [2.45, 2.75) is 50.3 Å². The van der Waals surface area contributed by atoms with E-state index in [2.05, 4.69) is 4.90 Å². The van der Waals surface area contributed by atoms with Crippen LogP contribution in [-0.2, 0) is 16.0 Å². The minimum atomic E-state index is -4.34. The lowest BCUT2D eigenvalue weighted by molar-refractivity contribution is -0.137. The van der Waals surface area contributed by atoms with E-state index in [1.807, 2.05) is 0 Å². The van der Waals surface area contributed by atoms with Crippen LogP contribution in [0.4, 0.5) is 13.2 Å². The second kappa shape index (κ2) is 6.90. The van der Waals surface area contributed by atoms with Gasteiger partial charge in [-0.1, -0.05) is 0 Å². The number of rotatable bonds is 4. The first kappa shape index (κ1) is 20.0. The lowest BCUT2D eigenvalue weighted by atomic mass is 9.81. The van der Waals surface area contributed by atoms with Crippen molar-refractivity contribution in [1.29, 1.82) is 0 Å². The number of hydrogen-bond donors (Lipinski definition) is 0. The maximum absolute atomic E-state index is 12.8. The first-order valence-corrected chi connectivity index (χ1v) is 11.7. The zero-order chi connectivity index (χ0) is 20.0. The van der Waals surface area contributed by atoms with E-state index in [9.17, 15) is 21.6 Å². The Morgan fingerprint density at radius 1 is 0.964 bits per heavy atom. The Hall–Kier alpha value is -1.28. The van der Waals surface area contributed by atoms with Crippen molar-refractivity contribution in [2.75, 3.05) is 31.1 Å². The Labute approximate surface area is 164 Å². The molecule has 28 heavy (non-hydrogen) atoms. The number of piperidine rings is 1. The van der Waals surface area contributed by atoms with E-state index in [0.29, 0.717) is 17.3 Å². The van der Waals surface area contributed by atoms with E-state index in [-0.39, 0.29) is 11.0 Å². The minimum Gasteiger partial charge on any atom is -0.486 e. The lowest BCUT2D eigenvalue weighted by Crippen LogP contribution is -2.56. The molecule has 0 amide bonds. The number of ether oxygens (including phenoxy) is 1. The second-order valence-corrected chi connectivity index (χ2v) is 10.9. The van der Waals surface area contributed by atoms with Crippen molar-refractivity contribution in [1.82, 2.24) is 4.90 Å².